The normalized spacial score (nSPS) is 18.0. The van der Waals surface area contributed by atoms with Crippen LogP contribution in [0.1, 0.15) is 61.3 Å². The number of rotatable bonds is 8. The van der Waals surface area contributed by atoms with E-state index in [4.69, 9.17) is 14.2 Å². The molecule has 7 nitrogen and oxygen atoms in total. The van der Waals surface area contributed by atoms with Crippen LogP contribution >= 0.6 is 136 Å². The van der Waals surface area contributed by atoms with E-state index >= 15 is 0 Å². The standard InChI is InChI=1S/C26H27I6NO6/c1-25(2)9-15(10-26(3,4)33(25)36)37-11-16(39-24(35)18-6-14(28)8-20(30)22(18)32)12-38-23(34)17-5-13(27)7-19(29)21(17)31/h5-8,15-16,36H,9-12H2,1-4H3. The molecule has 0 aliphatic carbocycles. The second-order valence-electron chi connectivity index (χ2n) is 10.4. The van der Waals surface area contributed by atoms with E-state index in [0.29, 0.717) is 24.0 Å². The first kappa shape index (κ1) is 35.1. The molecule has 0 radical (unpaired) electrons. The fraction of sp³-hybridized carbons (Fsp3) is 0.462. The van der Waals surface area contributed by atoms with Crippen LogP contribution in [0, 0.1) is 21.4 Å². The van der Waals surface area contributed by atoms with Crippen molar-refractivity contribution in [3.8, 4) is 0 Å². The molecule has 1 fully saturated rings. The van der Waals surface area contributed by atoms with Crippen LogP contribution in [0.15, 0.2) is 24.3 Å². The molecule has 0 spiro atoms. The molecule has 0 saturated carbocycles. The van der Waals surface area contributed by atoms with Crippen molar-refractivity contribution in [2.75, 3.05) is 13.2 Å². The van der Waals surface area contributed by atoms with Gasteiger partial charge in [-0.1, -0.05) is 0 Å². The van der Waals surface area contributed by atoms with Gasteiger partial charge in [-0.3, -0.25) is 0 Å². The largest absolute Gasteiger partial charge is 0.458 e. The van der Waals surface area contributed by atoms with Crippen molar-refractivity contribution in [3.63, 3.8) is 0 Å². The van der Waals surface area contributed by atoms with E-state index in [9.17, 15) is 14.8 Å². The van der Waals surface area contributed by atoms with Crippen molar-refractivity contribution < 1.29 is 29.0 Å². The summed E-state index contributed by atoms with van der Waals surface area (Å²) in [6.07, 6.45) is 0.205. The molecule has 0 aromatic heterocycles. The lowest BCUT2D eigenvalue weighted by molar-refractivity contribution is -0.262. The summed E-state index contributed by atoms with van der Waals surface area (Å²) >= 11 is 13.0. The number of halogens is 6. The average molecular weight is 1210 g/mol. The summed E-state index contributed by atoms with van der Waals surface area (Å²) in [6, 6.07) is 7.55. The molecule has 3 rings (SSSR count). The SMILES string of the molecule is CC1(C)CC(OCC(COC(=O)c2cc(I)cc(I)c2I)OC(=O)c2cc(I)cc(I)c2I)CC(C)(C)N1O. The molecule has 2 aromatic rings. The van der Waals surface area contributed by atoms with E-state index in [0.717, 1.165) is 21.4 Å². The number of hydrogen-bond donors (Lipinski definition) is 1. The van der Waals surface area contributed by atoms with E-state index in [2.05, 4.69) is 136 Å². The Kier molecular flexibility index (Phi) is 13.2. The van der Waals surface area contributed by atoms with Crippen LogP contribution in [0.3, 0.4) is 0 Å². The molecule has 1 unspecified atom stereocenters. The molecule has 1 aliphatic rings. The first-order valence-electron chi connectivity index (χ1n) is 11.8. The first-order chi connectivity index (χ1) is 18.0. The van der Waals surface area contributed by atoms with Crippen LogP contribution in [0.25, 0.3) is 0 Å². The molecule has 214 valence electrons. The van der Waals surface area contributed by atoms with Crippen LogP contribution in [0.5, 0.6) is 0 Å². The number of benzene rings is 2. The lowest BCUT2D eigenvalue weighted by Gasteiger charge is -2.51. The van der Waals surface area contributed by atoms with Crippen molar-refractivity contribution in [3.05, 3.63) is 56.8 Å². The number of esters is 2. The number of piperidine rings is 1. The van der Waals surface area contributed by atoms with Gasteiger partial charge in [0.15, 0.2) is 6.10 Å². The Bertz CT molecular complexity index is 1240. The van der Waals surface area contributed by atoms with Crippen LogP contribution in [-0.4, -0.2) is 58.7 Å². The predicted molar refractivity (Wildman–Crippen MR) is 199 cm³/mol. The summed E-state index contributed by atoms with van der Waals surface area (Å²) in [7, 11) is 0. The van der Waals surface area contributed by atoms with Gasteiger partial charge in [-0.15, -0.1) is 0 Å². The molecule has 0 bridgehead atoms. The highest BCUT2D eigenvalue weighted by Crippen LogP contribution is 2.38. The van der Waals surface area contributed by atoms with E-state index < -0.39 is 29.1 Å². The van der Waals surface area contributed by atoms with E-state index in [-0.39, 0.29) is 19.3 Å². The number of carbonyl (C=O) groups is 2. The van der Waals surface area contributed by atoms with Gasteiger partial charge in [-0.05, 0) is 200 Å². The topological polar surface area (TPSA) is 85.3 Å². The summed E-state index contributed by atoms with van der Waals surface area (Å²) < 4.78 is 23.2. The molecule has 2 aromatic carbocycles. The third-order valence-electron chi connectivity index (χ3n) is 6.22. The van der Waals surface area contributed by atoms with Crippen LogP contribution in [0.4, 0.5) is 0 Å². The number of ether oxygens (including phenoxy) is 3. The molecular formula is C26H27I6NO6. The Morgan fingerprint density at radius 3 is 1.79 bits per heavy atom. The Hall–Kier alpha value is 1.64. The Morgan fingerprint density at radius 2 is 1.31 bits per heavy atom. The lowest BCUT2D eigenvalue weighted by atomic mass is 9.80. The third-order valence-corrected chi connectivity index (χ3v) is 13.6. The monoisotopic (exact) mass is 1210 g/mol. The Morgan fingerprint density at radius 1 is 0.846 bits per heavy atom. The smallest absolute Gasteiger partial charge is 0.339 e. The third kappa shape index (κ3) is 9.32. The summed E-state index contributed by atoms with van der Waals surface area (Å²) in [4.78, 5) is 26.3. The Labute approximate surface area is 310 Å². The number of carbonyl (C=O) groups excluding carboxylic acids is 2. The van der Waals surface area contributed by atoms with Gasteiger partial charge in [-0.25, -0.2) is 9.59 Å². The molecule has 0 amide bonds. The van der Waals surface area contributed by atoms with Gasteiger partial charge in [0.05, 0.1) is 23.8 Å². The minimum absolute atomic E-state index is 0.0554. The maximum atomic E-state index is 13.3. The number of nitrogens with zero attached hydrogens (tertiary/aromatic N) is 1. The maximum absolute atomic E-state index is 13.3. The minimum Gasteiger partial charge on any atom is -0.458 e. The number of hydrogen-bond acceptors (Lipinski definition) is 7. The van der Waals surface area contributed by atoms with Gasteiger partial charge in [0, 0.05) is 32.5 Å². The van der Waals surface area contributed by atoms with Gasteiger partial charge < -0.3 is 19.4 Å². The van der Waals surface area contributed by atoms with Crippen molar-refractivity contribution in [1.29, 1.82) is 0 Å². The van der Waals surface area contributed by atoms with Crippen molar-refractivity contribution in [2.45, 2.75) is 63.8 Å². The molecule has 1 heterocycles. The summed E-state index contributed by atoms with van der Waals surface area (Å²) in [5.74, 6) is -0.976. The fourth-order valence-electron chi connectivity index (χ4n) is 4.53. The molecule has 39 heavy (non-hydrogen) atoms. The summed E-state index contributed by atoms with van der Waals surface area (Å²) in [5.41, 5.74) is -0.0486. The van der Waals surface area contributed by atoms with E-state index in [1.165, 1.54) is 5.06 Å². The van der Waals surface area contributed by atoms with Gasteiger partial charge in [0.1, 0.15) is 6.61 Å². The second-order valence-corrected chi connectivity index (χ2v) is 17.4. The molecule has 1 N–H and O–H groups in total. The lowest BCUT2D eigenvalue weighted by Crippen LogP contribution is -2.60. The highest BCUT2D eigenvalue weighted by molar-refractivity contribution is 14.1. The highest BCUT2D eigenvalue weighted by atomic mass is 127. The van der Waals surface area contributed by atoms with Gasteiger partial charge in [0.25, 0.3) is 0 Å². The molecule has 13 heteroatoms. The van der Waals surface area contributed by atoms with Crippen molar-refractivity contribution in [1.82, 2.24) is 5.06 Å². The van der Waals surface area contributed by atoms with Crippen molar-refractivity contribution in [2.24, 2.45) is 0 Å². The van der Waals surface area contributed by atoms with E-state index in [1.54, 1.807) is 12.1 Å². The van der Waals surface area contributed by atoms with Crippen LogP contribution in [0.2, 0.25) is 0 Å². The fourth-order valence-corrected chi connectivity index (χ4v) is 9.28. The summed E-state index contributed by atoms with van der Waals surface area (Å²) in [6.45, 7) is 7.77. The second kappa shape index (κ2) is 14.6. The number of hydroxylamine groups is 2. The Balaban J connectivity index is 1.79. The van der Waals surface area contributed by atoms with E-state index in [1.807, 2.05) is 39.8 Å². The molecule has 1 saturated heterocycles. The molecule has 1 aliphatic heterocycles. The van der Waals surface area contributed by atoms with Gasteiger partial charge >= 0.3 is 11.9 Å². The highest BCUT2D eigenvalue weighted by Gasteiger charge is 2.45. The average Bonchev–Trinajstić information content (AvgIpc) is 2.83. The maximum Gasteiger partial charge on any atom is 0.339 e. The zero-order valence-electron chi connectivity index (χ0n) is 21.5. The molecule has 1 atom stereocenters. The first-order valence-corrected chi connectivity index (χ1v) is 18.3. The predicted octanol–water partition coefficient (Wildman–Crippen LogP) is 8.12. The zero-order valence-corrected chi connectivity index (χ0v) is 34.4. The van der Waals surface area contributed by atoms with Crippen LogP contribution in [-0.2, 0) is 14.2 Å². The quantitative estimate of drug-likeness (QED) is 0.163. The summed E-state index contributed by atoms with van der Waals surface area (Å²) in [5, 5.41) is 12.0. The minimum atomic E-state index is -0.814. The molecular weight excluding hydrogens is 1180 g/mol. The van der Waals surface area contributed by atoms with Crippen molar-refractivity contribution >= 4 is 147 Å². The van der Waals surface area contributed by atoms with Gasteiger partial charge in [-0.2, -0.15) is 5.06 Å². The van der Waals surface area contributed by atoms with Gasteiger partial charge in [0.2, 0.25) is 0 Å². The zero-order chi connectivity index (χ0) is 29.3. The van der Waals surface area contributed by atoms with Crippen LogP contribution < -0.4 is 0 Å².